The van der Waals surface area contributed by atoms with E-state index in [0.29, 0.717) is 13.2 Å². The summed E-state index contributed by atoms with van der Waals surface area (Å²) in [6, 6.07) is 20.0. The fourth-order valence-electron chi connectivity index (χ4n) is 2.36. The molecule has 0 radical (unpaired) electrons. The maximum absolute atomic E-state index is 12.7. The molecule has 1 unspecified atom stereocenters. The summed E-state index contributed by atoms with van der Waals surface area (Å²) in [6.45, 7) is 4.30. The summed E-state index contributed by atoms with van der Waals surface area (Å²) in [4.78, 5) is 13.8. The fourth-order valence-corrected chi connectivity index (χ4v) is 3.43. The molecule has 134 valence electrons. The summed E-state index contributed by atoms with van der Waals surface area (Å²) >= 11 is 1.58. The molecular weight excluding hydrogens is 330 g/mol. The summed E-state index contributed by atoms with van der Waals surface area (Å²) in [5.74, 6) is 0.0496. The zero-order valence-electron chi connectivity index (χ0n) is 14.8. The minimum absolute atomic E-state index is 0.0496. The summed E-state index contributed by atoms with van der Waals surface area (Å²) in [5.41, 5.74) is 1.02. The van der Waals surface area contributed by atoms with Crippen molar-refractivity contribution in [2.75, 3.05) is 19.8 Å². The lowest BCUT2D eigenvalue weighted by Crippen LogP contribution is -2.29. The Morgan fingerprint density at radius 1 is 1.00 bits per heavy atom. The Morgan fingerprint density at radius 2 is 1.64 bits per heavy atom. The largest absolute Gasteiger partial charge is 0.381 e. The lowest BCUT2D eigenvalue weighted by molar-refractivity contribution is -0.120. The molecule has 3 nitrogen and oxygen atoms in total. The first-order valence-corrected chi connectivity index (χ1v) is 9.81. The normalized spacial score (nSPS) is 11.9. The molecule has 1 atom stereocenters. The van der Waals surface area contributed by atoms with Gasteiger partial charge in [0.05, 0.1) is 0 Å². The number of ether oxygens (including phenoxy) is 1. The third kappa shape index (κ3) is 7.32. The fraction of sp³-hybridized carbons (Fsp3) is 0.381. The quantitative estimate of drug-likeness (QED) is 0.462. The van der Waals surface area contributed by atoms with Crippen molar-refractivity contribution in [2.45, 2.75) is 36.3 Å². The van der Waals surface area contributed by atoms with Gasteiger partial charge in [-0.2, -0.15) is 0 Å². The number of thioether (sulfide) groups is 1. The van der Waals surface area contributed by atoms with Gasteiger partial charge in [0.2, 0.25) is 5.91 Å². The molecule has 1 N–H and O–H groups in total. The summed E-state index contributed by atoms with van der Waals surface area (Å²) in [7, 11) is 0. The van der Waals surface area contributed by atoms with E-state index in [-0.39, 0.29) is 11.2 Å². The molecule has 2 rings (SSSR count). The second kappa shape index (κ2) is 11.7. The van der Waals surface area contributed by atoms with Crippen LogP contribution in [0.4, 0.5) is 0 Å². The Balaban J connectivity index is 1.88. The van der Waals surface area contributed by atoms with Crippen molar-refractivity contribution < 1.29 is 9.53 Å². The molecular formula is C21H27NO2S. The van der Waals surface area contributed by atoms with E-state index in [1.165, 1.54) is 0 Å². The van der Waals surface area contributed by atoms with Crippen LogP contribution in [0.2, 0.25) is 0 Å². The van der Waals surface area contributed by atoms with Crippen molar-refractivity contribution >= 4 is 17.7 Å². The third-order valence-corrected chi connectivity index (χ3v) is 5.01. The number of hydrogen-bond acceptors (Lipinski definition) is 3. The summed E-state index contributed by atoms with van der Waals surface area (Å²) in [5, 5.41) is 2.81. The topological polar surface area (TPSA) is 38.3 Å². The van der Waals surface area contributed by atoms with Gasteiger partial charge in [-0.1, -0.05) is 61.9 Å². The Bertz CT molecular complexity index is 604. The molecule has 0 aromatic heterocycles. The number of amides is 1. The van der Waals surface area contributed by atoms with Gasteiger partial charge in [-0.3, -0.25) is 4.79 Å². The van der Waals surface area contributed by atoms with Crippen molar-refractivity contribution in [1.82, 2.24) is 5.32 Å². The maximum Gasteiger partial charge on any atom is 0.237 e. The van der Waals surface area contributed by atoms with Gasteiger partial charge < -0.3 is 10.1 Å². The summed E-state index contributed by atoms with van der Waals surface area (Å²) < 4.78 is 5.54. The van der Waals surface area contributed by atoms with Crippen LogP contribution in [0.15, 0.2) is 65.6 Å². The number of rotatable bonds is 11. The number of carbonyl (C=O) groups excluding carboxylic acids is 1. The molecule has 0 aliphatic rings. The van der Waals surface area contributed by atoms with Crippen molar-refractivity contribution in [1.29, 1.82) is 0 Å². The first-order chi connectivity index (χ1) is 12.3. The van der Waals surface area contributed by atoms with Crippen molar-refractivity contribution in [3.8, 4) is 0 Å². The zero-order valence-corrected chi connectivity index (χ0v) is 15.6. The van der Waals surface area contributed by atoms with Crippen LogP contribution in [0.1, 0.15) is 37.0 Å². The molecule has 4 heteroatoms. The van der Waals surface area contributed by atoms with Gasteiger partial charge in [0.15, 0.2) is 0 Å². The van der Waals surface area contributed by atoms with Gasteiger partial charge in [0.1, 0.15) is 5.25 Å². The van der Waals surface area contributed by atoms with Gasteiger partial charge in [0.25, 0.3) is 0 Å². The summed E-state index contributed by atoms with van der Waals surface area (Å²) in [6.07, 6.45) is 3.08. The Kier molecular flexibility index (Phi) is 9.16. The van der Waals surface area contributed by atoms with Gasteiger partial charge in [0, 0.05) is 24.7 Å². The van der Waals surface area contributed by atoms with Crippen LogP contribution in [0.3, 0.4) is 0 Å². The van der Waals surface area contributed by atoms with Gasteiger partial charge in [-0.25, -0.2) is 0 Å². The average Bonchev–Trinajstić information content (AvgIpc) is 2.67. The van der Waals surface area contributed by atoms with Crippen LogP contribution < -0.4 is 5.32 Å². The number of hydrogen-bond donors (Lipinski definition) is 1. The highest BCUT2D eigenvalue weighted by Crippen LogP contribution is 2.35. The van der Waals surface area contributed by atoms with Crippen molar-refractivity contribution in [3.05, 3.63) is 66.2 Å². The highest BCUT2D eigenvalue weighted by Gasteiger charge is 2.21. The van der Waals surface area contributed by atoms with E-state index in [4.69, 9.17) is 4.74 Å². The minimum atomic E-state index is -0.246. The van der Waals surface area contributed by atoms with Crippen LogP contribution in [0.25, 0.3) is 0 Å². The highest BCUT2D eigenvalue weighted by molar-refractivity contribution is 8.00. The van der Waals surface area contributed by atoms with Crippen LogP contribution >= 0.6 is 11.8 Å². The third-order valence-electron chi connectivity index (χ3n) is 3.74. The van der Waals surface area contributed by atoms with Crippen LogP contribution in [-0.4, -0.2) is 25.7 Å². The first-order valence-electron chi connectivity index (χ1n) is 8.93. The number of benzene rings is 2. The molecule has 0 aliphatic heterocycles. The molecule has 0 saturated heterocycles. The van der Waals surface area contributed by atoms with Gasteiger partial charge in [-0.15, -0.1) is 11.8 Å². The molecule has 2 aromatic carbocycles. The molecule has 1 amide bonds. The van der Waals surface area contributed by atoms with E-state index in [0.717, 1.165) is 36.3 Å². The Hall–Kier alpha value is -1.78. The average molecular weight is 358 g/mol. The highest BCUT2D eigenvalue weighted by atomic mass is 32.2. The van der Waals surface area contributed by atoms with Gasteiger partial charge in [-0.05, 0) is 30.5 Å². The second-order valence-electron chi connectivity index (χ2n) is 5.83. The predicted octanol–water partition coefficient (Wildman–Crippen LogP) is 4.84. The standard InChI is InChI=1S/C21H27NO2S/c1-2-3-16-24-17-10-15-22-21(23)20(18-11-6-4-7-12-18)25-19-13-8-5-9-14-19/h4-9,11-14,20H,2-3,10,15-17H2,1H3,(H,22,23). The van der Waals surface area contributed by atoms with Gasteiger partial charge >= 0.3 is 0 Å². The van der Waals surface area contributed by atoms with E-state index in [2.05, 4.69) is 12.2 Å². The molecule has 25 heavy (non-hydrogen) atoms. The Labute approximate surface area is 155 Å². The van der Waals surface area contributed by atoms with Crippen molar-refractivity contribution in [2.24, 2.45) is 0 Å². The number of carbonyl (C=O) groups is 1. The molecule has 0 fully saturated rings. The van der Waals surface area contributed by atoms with Crippen LogP contribution in [-0.2, 0) is 9.53 Å². The SMILES string of the molecule is CCCCOCCCNC(=O)C(Sc1ccccc1)c1ccccc1. The van der Waals surface area contributed by atoms with Crippen molar-refractivity contribution in [3.63, 3.8) is 0 Å². The molecule has 0 spiro atoms. The van der Waals surface area contributed by atoms with E-state index in [1.54, 1.807) is 11.8 Å². The molecule has 0 saturated carbocycles. The van der Waals surface area contributed by atoms with E-state index >= 15 is 0 Å². The maximum atomic E-state index is 12.7. The molecule has 0 bridgehead atoms. The number of nitrogens with one attached hydrogen (secondary N) is 1. The zero-order chi connectivity index (χ0) is 17.7. The molecule has 0 aliphatic carbocycles. The Morgan fingerprint density at radius 3 is 2.32 bits per heavy atom. The predicted molar refractivity (Wildman–Crippen MR) is 105 cm³/mol. The lowest BCUT2D eigenvalue weighted by atomic mass is 10.1. The van der Waals surface area contributed by atoms with E-state index < -0.39 is 0 Å². The smallest absolute Gasteiger partial charge is 0.237 e. The van der Waals surface area contributed by atoms with E-state index in [9.17, 15) is 4.79 Å². The minimum Gasteiger partial charge on any atom is -0.381 e. The first kappa shape index (κ1) is 19.5. The second-order valence-corrected chi connectivity index (χ2v) is 7.01. The molecule has 0 heterocycles. The molecule has 2 aromatic rings. The van der Waals surface area contributed by atoms with Crippen LogP contribution in [0.5, 0.6) is 0 Å². The monoisotopic (exact) mass is 357 g/mol. The van der Waals surface area contributed by atoms with Crippen LogP contribution in [0, 0.1) is 0 Å². The van der Waals surface area contributed by atoms with E-state index in [1.807, 2.05) is 60.7 Å². The lowest BCUT2D eigenvalue weighted by Gasteiger charge is -2.17. The number of unbranched alkanes of at least 4 members (excludes halogenated alkanes) is 1.